The molecule has 0 aliphatic carbocycles. The lowest BCUT2D eigenvalue weighted by Crippen LogP contribution is -2.37. The number of ether oxygens (including phenoxy) is 2. The number of nitrogens with zero attached hydrogens (tertiary/aromatic N) is 1. The van der Waals surface area contributed by atoms with Gasteiger partial charge in [-0.05, 0) is 38.8 Å². The molecule has 2 N–H and O–H groups in total. The highest BCUT2D eigenvalue weighted by Crippen LogP contribution is 2.30. The third kappa shape index (κ3) is 6.16. The minimum atomic E-state index is -0.751. The first-order chi connectivity index (χ1) is 13.0. The van der Waals surface area contributed by atoms with Crippen LogP contribution in [0.5, 0.6) is 11.5 Å². The Balaban J connectivity index is 1.80. The van der Waals surface area contributed by atoms with E-state index in [0.29, 0.717) is 56.3 Å². The summed E-state index contributed by atoms with van der Waals surface area (Å²) in [5, 5.41) is 5.12. The normalized spacial score (nSPS) is 13.4. The molecule has 1 fully saturated rings. The van der Waals surface area contributed by atoms with Crippen LogP contribution in [0.15, 0.2) is 18.2 Å². The van der Waals surface area contributed by atoms with Crippen molar-refractivity contribution in [3.63, 3.8) is 0 Å². The highest BCUT2D eigenvalue weighted by molar-refractivity contribution is 6.39. The second kappa shape index (κ2) is 10.4. The van der Waals surface area contributed by atoms with Crippen LogP contribution >= 0.6 is 0 Å². The van der Waals surface area contributed by atoms with E-state index < -0.39 is 11.8 Å². The summed E-state index contributed by atoms with van der Waals surface area (Å²) < 4.78 is 11.0. The second-order valence-electron chi connectivity index (χ2n) is 6.08. The molecule has 1 aromatic carbocycles. The molecule has 0 atom stereocenters. The highest BCUT2D eigenvalue weighted by Gasteiger charge is 2.19. The number of amides is 3. The van der Waals surface area contributed by atoms with Gasteiger partial charge >= 0.3 is 11.8 Å². The minimum Gasteiger partial charge on any atom is -0.490 e. The Bertz CT molecular complexity index is 677. The molecular formula is C19H27N3O5. The smallest absolute Gasteiger partial charge is 0.313 e. The van der Waals surface area contributed by atoms with Crippen LogP contribution in [0.25, 0.3) is 0 Å². The van der Waals surface area contributed by atoms with E-state index in [1.165, 1.54) is 0 Å². The van der Waals surface area contributed by atoms with Gasteiger partial charge in [0.2, 0.25) is 5.91 Å². The number of anilines is 1. The fourth-order valence-corrected chi connectivity index (χ4v) is 2.81. The van der Waals surface area contributed by atoms with Crippen LogP contribution in [0.2, 0.25) is 0 Å². The summed E-state index contributed by atoms with van der Waals surface area (Å²) >= 11 is 0. The van der Waals surface area contributed by atoms with E-state index in [9.17, 15) is 14.4 Å². The van der Waals surface area contributed by atoms with Crippen LogP contribution in [0.1, 0.15) is 33.1 Å². The van der Waals surface area contributed by atoms with Crippen molar-refractivity contribution in [2.75, 3.05) is 38.2 Å². The molecule has 8 nitrogen and oxygen atoms in total. The van der Waals surface area contributed by atoms with Crippen LogP contribution in [0, 0.1) is 0 Å². The summed E-state index contributed by atoms with van der Waals surface area (Å²) in [6, 6.07) is 4.96. The fraction of sp³-hybridized carbons (Fsp3) is 0.526. The molecule has 0 spiro atoms. The van der Waals surface area contributed by atoms with Crippen molar-refractivity contribution in [3.8, 4) is 11.5 Å². The zero-order chi connectivity index (χ0) is 19.6. The number of likely N-dealkylation sites (tertiary alicyclic amines) is 1. The van der Waals surface area contributed by atoms with E-state index in [0.717, 1.165) is 13.0 Å². The van der Waals surface area contributed by atoms with Gasteiger partial charge in [0.15, 0.2) is 11.5 Å². The monoisotopic (exact) mass is 377 g/mol. The lowest BCUT2D eigenvalue weighted by Gasteiger charge is -2.15. The zero-order valence-corrected chi connectivity index (χ0v) is 15.9. The van der Waals surface area contributed by atoms with Gasteiger partial charge in [0, 0.05) is 37.8 Å². The lowest BCUT2D eigenvalue weighted by molar-refractivity contribution is -0.136. The molecule has 148 valence electrons. The van der Waals surface area contributed by atoms with Crippen molar-refractivity contribution in [3.05, 3.63) is 18.2 Å². The largest absolute Gasteiger partial charge is 0.490 e. The molecule has 1 heterocycles. The molecule has 2 rings (SSSR count). The van der Waals surface area contributed by atoms with Crippen molar-refractivity contribution in [1.29, 1.82) is 0 Å². The van der Waals surface area contributed by atoms with Gasteiger partial charge in [-0.1, -0.05) is 0 Å². The first-order valence-corrected chi connectivity index (χ1v) is 9.31. The molecule has 0 saturated carbocycles. The summed E-state index contributed by atoms with van der Waals surface area (Å²) in [4.78, 5) is 37.3. The van der Waals surface area contributed by atoms with Crippen molar-refractivity contribution >= 4 is 23.4 Å². The van der Waals surface area contributed by atoms with E-state index >= 15 is 0 Å². The van der Waals surface area contributed by atoms with E-state index in [1.807, 2.05) is 13.8 Å². The van der Waals surface area contributed by atoms with Gasteiger partial charge in [-0.2, -0.15) is 0 Å². The molecule has 0 bridgehead atoms. The molecule has 0 unspecified atom stereocenters. The molecule has 1 aliphatic heterocycles. The Morgan fingerprint density at radius 1 is 1.11 bits per heavy atom. The van der Waals surface area contributed by atoms with E-state index in [1.54, 1.807) is 23.1 Å². The SMILES string of the molecule is CCOc1ccc(NC(=O)C(=O)NCCCN2CCCC2=O)cc1OCC. The maximum Gasteiger partial charge on any atom is 0.313 e. The summed E-state index contributed by atoms with van der Waals surface area (Å²) in [7, 11) is 0. The van der Waals surface area contributed by atoms with E-state index in [2.05, 4.69) is 10.6 Å². The summed E-state index contributed by atoms with van der Waals surface area (Å²) in [6.45, 7) is 6.38. The maximum atomic E-state index is 12.0. The molecule has 8 heteroatoms. The Morgan fingerprint density at radius 2 is 1.85 bits per heavy atom. The predicted molar refractivity (Wildman–Crippen MR) is 101 cm³/mol. The number of nitrogens with one attached hydrogen (secondary N) is 2. The average molecular weight is 377 g/mol. The quantitative estimate of drug-likeness (QED) is 0.503. The van der Waals surface area contributed by atoms with Crippen LogP contribution in [0.3, 0.4) is 0 Å². The molecule has 27 heavy (non-hydrogen) atoms. The maximum absolute atomic E-state index is 12.0. The van der Waals surface area contributed by atoms with Crippen LogP contribution in [-0.2, 0) is 14.4 Å². The molecule has 1 aliphatic rings. The lowest BCUT2D eigenvalue weighted by atomic mass is 10.2. The zero-order valence-electron chi connectivity index (χ0n) is 15.9. The molecule has 0 radical (unpaired) electrons. The fourth-order valence-electron chi connectivity index (χ4n) is 2.81. The summed E-state index contributed by atoms with van der Waals surface area (Å²) in [5.74, 6) is -0.223. The number of hydrogen-bond acceptors (Lipinski definition) is 5. The van der Waals surface area contributed by atoms with E-state index in [4.69, 9.17) is 9.47 Å². The molecule has 1 aromatic rings. The van der Waals surface area contributed by atoms with Crippen LogP contribution in [0.4, 0.5) is 5.69 Å². The minimum absolute atomic E-state index is 0.152. The summed E-state index contributed by atoms with van der Waals surface area (Å²) in [6.07, 6.45) is 2.10. The number of carbonyl (C=O) groups excluding carboxylic acids is 3. The Morgan fingerprint density at radius 3 is 2.52 bits per heavy atom. The first-order valence-electron chi connectivity index (χ1n) is 9.31. The summed E-state index contributed by atoms with van der Waals surface area (Å²) in [5.41, 5.74) is 0.449. The molecule has 1 saturated heterocycles. The van der Waals surface area contributed by atoms with Crippen molar-refractivity contribution in [2.45, 2.75) is 33.1 Å². The number of carbonyl (C=O) groups is 3. The molecule has 3 amide bonds. The standard InChI is InChI=1S/C19H27N3O5/c1-3-26-15-9-8-14(13-16(15)27-4-2)21-19(25)18(24)20-10-6-12-22-11-5-7-17(22)23/h8-9,13H,3-7,10-12H2,1-2H3,(H,20,24)(H,21,25). The third-order valence-electron chi connectivity index (χ3n) is 4.07. The average Bonchev–Trinajstić information content (AvgIpc) is 3.06. The number of benzene rings is 1. The van der Waals surface area contributed by atoms with Crippen molar-refractivity contribution in [2.24, 2.45) is 0 Å². The van der Waals surface area contributed by atoms with Gasteiger partial charge < -0.3 is 25.0 Å². The van der Waals surface area contributed by atoms with Crippen molar-refractivity contribution < 1.29 is 23.9 Å². The van der Waals surface area contributed by atoms with Gasteiger partial charge in [0.1, 0.15) is 0 Å². The van der Waals surface area contributed by atoms with E-state index in [-0.39, 0.29) is 5.91 Å². The van der Waals surface area contributed by atoms with Gasteiger partial charge in [-0.3, -0.25) is 14.4 Å². The van der Waals surface area contributed by atoms with Gasteiger partial charge in [-0.15, -0.1) is 0 Å². The number of rotatable bonds is 9. The van der Waals surface area contributed by atoms with Crippen LogP contribution < -0.4 is 20.1 Å². The second-order valence-corrected chi connectivity index (χ2v) is 6.08. The molecule has 0 aromatic heterocycles. The highest BCUT2D eigenvalue weighted by atomic mass is 16.5. The predicted octanol–water partition coefficient (Wildman–Crippen LogP) is 1.55. The Hall–Kier alpha value is -2.77. The number of hydrogen-bond donors (Lipinski definition) is 2. The topological polar surface area (TPSA) is 97.0 Å². The Kier molecular flexibility index (Phi) is 7.91. The third-order valence-corrected chi connectivity index (χ3v) is 4.07. The van der Waals surface area contributed by atoms with Crippen molar-refractivity contribution in [1.82, 2.24) is 10.2 Å². The first kappa shape index (κ1) is 20.5. The Labute approximate surface area is 159 Å². The molecular weight excluding hydrogens is 350 g/mol. The van der Waals surface area contributed by atoms with Gasteiger partial charge in [-0.25, -0.2) is 0 Å². The van der Waals surface area contributed by atoms with Gasteiger partial charge in [0.25, 0.3) is 0 Å². The van der Waals surface area contributed by atoms with Gasteiger partial charge in [0.05, 0.1) is 13.2 Å². The van der Waals surface area contributed by atoms with Crippen LogP contribution in [-0.4, -0.2) is 55.5 Å².